The van der Waals surface area contributed by atoms with E-state index in [1.807, 2.05) is 13.0 Å². The van der Waals surface area contributed by atoms with E-state index in [0.29, 0.717) is 18.0 Å². The molecule has 0 atom stereocenters. The third-order valence-corrected chi connectivity index (χ3v) is 7.08. The second-order valence-corrected chi connectivity index (χ2v) is 10.4. The molecule has 0 saturated carbocycles. The zero-order valence-corrected chi connectivity index (χ0v) is 17.6. The van der Waals surface area contributed by atoms with Crippen LogP contribution in [0.15, 0.2) is 53.4 Å². The van der Waals surface area contributed by atoms with Gasteiger partial charge in [0.05, 0.1) is 4.90 Å². The van der Waals surface area contributed by atoms with Crippen LogP contribution in [-0.2, 0) is 22.0 Å². The van der Waals surface area contributed by atoms with E-state index in [9.17, 15) is 8.42 Å². The van der Waals surface area contributed by atoms with Crippen molar-refractivity contribution in [3.05, 3.63) is 65.2 Å². The molecule has 3 rings (SSSR count). The number of benzene rings is 2. The van der Waals surface area contributed by atoms with E-state index in [4.69, 9.17) is 0 Å². The Kier molecular flexibility index (Phi) is 5.75. The molecule has 1 aliphatic rings. The Labute approximate surface area is 163 Å². The summed E-state index contributed by atoms with van der Waals surface area (Å²) in [5.41, 5.74) is 3.74. The average molecular weight is 387 g/mol. The minimum atomic E-state index is -3.40. The molecule has 5 heteroatoms. The fourth-order valence-corrected chi connectivity index (χ4v) is 4.95. The van der Waals surface area contributed by atoms with E-state index in [2.05, 4.69) is 49.9 Å². The minimum absolute atomic E-state index is 0.161. The molecule has 1 saturated heterocycles. The smallest absolute Gasteiger partial charge is 0.243 e. The van der Waals surface area contributed by atoms with Gasteiger partial charge >= 0.3 is 0 Å². The molecule has 1 heterocycles. The van der Waals surface area contributed by atoms with Crippen LogP contribution in [-0.4, -0.2) is 43.8 Å². The highest BCUT2D eigenvalue weighted by atomic mass is 32.2. The fraction of sp³-hybridized carbons (Fsp3) is 0.455. The molecule has 0 N–H and O–H groups in total. The van der Waals surface area contributed by atoms with Gasteiger partial charge in [0.2, 0.25) is 10.0 Å². The lowest BCUT2D eigenvalue weighted by Gasteiger charge is -2.34. The van der Waals surface area contributed by atoms with E-state index in [1.165, 1.54) is 11.1 Å². The maximum absolute atomic E-state index is 12.8. The van der Waals surface area contributed by atoms with Crippen LogP contribution in [0.2, 0.25) is 0 Å². The summed E-state index contributed by atoms with van der Waals surface area (Å²) in [4.78, 5) is 2.72. The molecule has 0 unspecified atom stereocenters. The number of nitrogens with zero attached hydrogens (tertiary/aromatic N) is 2. The maximum Gasteiger partial charge on any atom is 0.243 e. The Morgan fingerprint density at radius 2 is 1.56 bits per heavy atom. The lowest BCUT2D eigenvalue weighted by molar-refractivity contribution is 0.181. The summed E-state index contributed by atoms with van der Waals surface area (Å²) < 4.78 is 27.3. The van der Waals surface area contributed by atoms with Crippen LogP contribution in [0.5, 0.6) is 0 Å². The highest BCUT2D eigenvalue weighted by Gasteiger charge is 2.28. The molecule has 0 amide bonds. The normalized spacial score (nSPS) is 17.2. The predicted molar refractivity (Wildman–Crippen MR) is 110 cm³/mol. The van der Waals surface area contributed by atoms with Crippen molar-refractivity contribution < 1.29 is 8.42 Å². The van der Waals surface area contributed by atoms with Gasteiger partial charge in [0, 0.05) is 32.7 Å². The maximum atomic E-state index is 12.8. The van der Waals surface area contributed by atoms with Crippen LogP contribution in [0.4, 0.5) is 0 Å². The summed E-state index contributed by atoms with van der Waals surface area (Å²) in [7, 11) is -3.40. The Bertz CT molecular complexity index is 875. The molecular weight excluding hydrogens is 356 g/mol. The van der Waals surface area contributed by atoms with Crippen molar-refractivity contribution >= 4 is 10.0 Å². The zero-order valence-electron chi connectivity index (χ0n) is 16.8. The Balaban J connectivity index is 1.60. The van der Waals surface area contributed by atoms with E-state index < -0.39 is 10.0 Å². The van der Waals surface area contributed by atoms with E-state index in [1.54, 1.807) is 22.5 Å². The van der Waals surface area contributed by atoms with E-state index in [0.717, 1.165) is 25.2 Å². The van der Waals surface area contributed by atoms with Crippen LogP contribution in [0, 0.1) is 6.92 Å². The van der Waals surface area contributed by atoms with Gasteiger partial charge in [-0.25, -0.2) is 8.42 Å². The van der Waals surface area contributed by atoms with Gasteiger partial charge in [-0.2, -0.15) is 4.31 Å². The number of aryl methyl sites for hydroxylation is 1. The van der Waals surface area contributed by atoms with Crippen LogP contribution in [0.1, 0.15) is 37.5 Å². The topological polar surface area (TPSA) is 40.6 Å². The summed E-state index contributed by atoms with van der Waals surface area (Å²) in [6, 6.07) is 15.9. The van der Waals surface area contributed by atoms with Gasteiger partial charge in [-0.15, -0.1) is 0 Å². The van der Waals surface area contributed by atoms with Crippen molar-refractivity contribution in [2.75, 3.05) is 26.2 Å². The Hall–Kier alpha value is -1.69. The lowest BCUT2D eigenvalue weighted by atomic mass is 9.87. The molecule has 2 aromatic carbocycles. The monoisotopic (exact) mass is 386 g/mol. The van der Waals surface area contributed by atoms with Crippen molar-refractivity contribution in [3.8, 4) is 0 Å². The molecule has 0 aliphatic carbocycles. The molecule has 4 nitrogen and oxygen atoms in total. The second-order valence-electron chi connectivity index (χ2n) is 8.44. The summed E-state index contributed by atoms with van der Waals surface area (Å²) in [5, 5.41) is 0. The van der Waals surface area contributed by atoms with Crippen molar-refractivity contribution in [3.63, 3.8) is 0 Å². The third-order valence-electron chi connectivity index (χ3n) is 5.18. The van der Waals surface area contributed by atoms with Crippen molar-refractivity contribution in [2.24, 2.45) is 0 Å². The average Bonchev–Trinajstić information content (AvgIpc) is 2.62. The first-order chi connectivity index (χ1) is 12.7. The predicted octanol–water partition coefficient (Wildman–Crippen LogP) is 3.80. The van der Waals surface area contributed by atoms with E-state index in [-0.39, 0.29) is 5.41 Å². The molecule has 0 aromatic heterocycles. The van der Waals surface area contributed by atoms with Crippen molar-refractivity contribution in [1.82, 2.24) is 9.21 Å². The summed E-state index contributed by atoms with van der Waals surface area (Å²) >= 11 is 0. The molecule has 0 spiro atoms. The van der Waals surface area contributed by atoms with Gasteiger partial charge in [-0.05, 0) is 41.2 Å². The largest absolute Gasteiger partial charge is 0.296 e. The SMILES string of the molecule is Cc1cccc(S(=O)(=O)N2CCN(Cc3ccc(C(C)(C)C)cc3)CC2)c1. The first kappa shape index (κ1) is 20.1. The number of hydrogen-bond acceptors (Lipinski definition) is 3. The van der Waals surface area contributed by atoms with Gasteiger partial charge in [-0.1, -0.05) is 57.2 Å². The van der Waals surface area contributed by atoms with Crippen LogP contribution < -0.4 is 0 Å². The van der Waals surface area contributed by atoms with Crippen LogP contribution >= 0.6 is 0 Å². The Morgan fingerprint density at radius 1 is 0.926 bits per heavy atom. The van der Waals surface area contributed by atoms with Crippen molar-refractivity contribution in [1.29, 1.82) is 0 Å². The van der Waals surface area contributed by atoms with Gasteiger partial charge in [0.15, 0.2) is 0 Å². The molecule has 0 bridgehead atoms. The second kappa shape index (κ2) is 7.74. The zero-order chi connectivity index (χ0) is 19.7. The first-order valence-corrected chi connectivity index (χ1v) is 11.0. The molecular formula is C22H30N2O2S. The molecule has 27 heavy (non-hydrogen) atoms. The first-order valence-electron chi connectivity index (χ1n) is 9.55. The summed E-state index contributed by atoms with van der Waals surface area (Å²) in [6.45, 7) is 12.0. The van der Waals surface area contributed by atoms with Gasteiger partial charge in [0.1, 0.15) is 0 Å². The highest BCUT2D eigenvalue weighted by Crippen LogP contribution is 2.23. The summed E-state index contributed by atoms with van der Waals surface area (Å²) in [5.74, 6) is 0. The minimum Gasteiger partial charge on any atom is -0.296 e. The van der Waals surface area contributed by atoms with Gasteiger partial charge < -0.3 is 0 Å². The lowest BCUT2D eigenvalue weighted by Crippen LogP contribution is -2.48. The Morgan fingerprint density at radius 3 is 2.11 bits per heavy atom. The van der Waals surface area contributed by atoms with Gasteiger partial charge in [-0.3, -0.25) is 4.90 Å². The van der Waals surface area contributed by atoms with Gasteiger partial charge in [0.25, 0.3) is 0 Å². The molecule has 146 valence electrons. The van der Waals surface area contributed by atoms with Crippen molar-refractivity contribution in [2.45, 2.75) is 44.6 Å². The third kappa shape index (κ3) is 4.78. The standard InChI is InChI=1S/C22H30N2O2S/c1-18-6-5-7-21(16-18)27(25,26)24-14-12-23(13-15-24)17-19-8-10-20(11-9-19)22(2,3)4/h5-11,16H,12-15,17H2,1-4H3. The molecule has 1 aliphatic heterocycles. The summed E-state index contributed by atoms with van der Waals surface area (Å²) in [6.07, 6.45) is 0. The highest BCUT2D eigenvalue weighted by molar-refractivity contribution is 7.89. The number of rotatable bonds is 4. The molecule has 2 aromatic rings. The quantitative estimate of drug-likeness (QED) is 0.802. The fourth-order valence-electron chi connectivity index (χ4n) is 3.42. The molecule has 1 fully saturated rings. The number of piperazine rings is 1. The number of hydrogen-bond donors (Lipinski definition) is 0. The van der Waals surface area contributed by atoms with E-state index >= 15 is 0 Å². The van der Waals surface area contributed by atoms with Crippen LogP contribution in [0.3, 0.4) is 0 Å². The van der Waals surface area contributed by atoms with Crippen LogP contribution in [0.25, 0.3) is 0 Å². The number of sulfonamides is 1. The molecule has 0 radical (unpaired) electrons.